The van der Waals surface area contributed by atoms with Gasteiger partial charge in [0.1, 0.15) is 0 Å². The minimum Gasteiger partial charge on any atom is -0.389 e. The van der Waals surface area contributed by atoms with Gasteiger partial charge in [0.15, 0.2) is 0 Å². The molecule has 25 heavy (non-hydrogen) atoms. The fourth-order valence-electron chi connectivity index (χ4n) is 3.34. The Balaban J connectivity index is 1.79. The van der Waals surface area contributed by atoms with Gasteiger partial charge in [0, 0.05) is 38.4 Å². The number of carbonyl (C=O) groups is 1. The van der Waals surface area contributed by atoms with Crippen LogP contribution in [0.2, 0.25) is 0 Å². The fourth-order valence-corrected chi connectivity index (χ4v) is 3.34. The van der Waals surface area contributed by atoms with E-state index in [9.17, 15) is 9.90 Å². The van der Waals surface area contributed by atoms with Gasteiger partial charge in [-0.25, -0.2) is 0 Å². The molecule has 1 aliphatic heterocycles. The first kappa shape index (κ1) is 19.9. The third-order valence-electron chi connectivity index (χ3n) is 5.34. The molecule has 5 nitrogen and oxygen atoms in total. The van der Waals surface area contributed by atoms with Crippen LogP contribution in [0, 0.1) is 0 Å². The van der Waals surface area contributed by atoms with Gasteiger partial charge >= 0.3 is 0 Å². The van der Waals surface area contributed by atoms with Gasteiger partial charge in [0.25, 0.3) is 0 Å². The number of nitrogens with one attached hydrogen (secondary N) is 1. The van der Waals surface area contributed by atoms with Crippen molar-refractivity contribution in [3.63, 3.8) is 0 Å². The molecule has 0 saturated carbocycles. The summed E-state index contributed by atoms with van der Waals surface area (Å²) < 4.78 is 0. The number of para-hydroxylation sites is 1. The lowest BCUT2D eigenvalue weighted by atomic mass is 9.96. The molecule has 0 atom stereocenters. The van der Waals surface area contributed by atoms with E-state index in [1.54, 1.807) is 0 Å². The zero-order valence-electron chi connectivity index (χ0n) is 15.9. The van der Waals surface area contributed by atoms with Crippen LogP contribution in [0.3, 0.4) is 0 Å². The third kappa shape index (κ3) is 5.80. The maximum atomic E-state index is 12.3. The molecule has 2 rings (SSSR count). The topological polar surface area (TPSA) is 55.8 Å². The Morgan fingerprint density at radius 3 is 2.28 bits per heavy atom. The summed E-state index contributed by atoms with van der Waals surface area (Å²) in [6.45, 7) is 10.9. The molecule has 0 unspecified atom stereocenters. The molecule has 1 aromatic carbocycles. The number of hydrogen-bond donors (Lipinski definition) is 2. The molecule has 5 heteroatoms. The number of amides is 1. The Labute approximate surface area is 152 Å². The summed E-state index contributed by atoms with van der Waals surface area (Å²) in [5.74, 6) is 0.0490. The molecule has 1 aliphatic rings. The number of benzene rings is 1. The van der Waals surface area contributed by atoms with Crippen LogP contribution in [0.25, 0.3) is 0 Å². The highest BCUT2D eigenvalue weighted by molar-refractivity contribution is 5.93. The van der Waals surface area contributed by atoms with E-state index in [0.717, 1.165) is 57.7 Å². The van der Waals surface area contributed by atoms with Gasteiger partial charge < -0.3 is 10.4 Å². The van der Waals surface area contributed by atoms with Gasteiger partial charge in [-0.3, -0.25) is 14.6 Å². The van der Waals surface area contributed by atoms with E-state index in [4.69, 9.17) is 0 Å². The first-order valence-corrected chi connectivity index (χ1v) is 9.54. The second kappa shape index (κ2) is 9.32. The summed E-state index contributed by atoms with van der Waals surface area (Å²) in [7, 11) is 0. The maximum absolute atomic E-state index is 12.3. The summed E-state index contributed by atoms with van der Waals surface area (Å²) >= 11 is 0. The molecule has 2 N–H and O–H groups in total. The molecular weight excluding hydrogens is 314 g/mol. The van der Waals surface area contributed by atoms with Gasteiger partial charge in [0.05, 0.1) is 12.1 Å². The van der Waals surface area contributed by atoms with Crippen LogP contribution in [0.4, 0.5) is 5.69 Å². The fraction of sp³-hybridized carbons (Fsp3) is 0.650. The molecule has 0 aliphatic carbocycles. The average molecular weight is 348 g/mol. The number of β-amino-alcohol motifs (C(OH)–C–C–N with tert-alkyl or cyclic N) is 1. The molecule has 1 amide bonds. The minimum atomic E-state index is -0.580. The highest BCUT2D eigenvalue weighted by Gasteiger charge is 2.28. The number of aryl methyl sites for hydroxylation is 1. The standard InChI is InChI=1S/C20H33N3O2/c1-4-17-9-7-8-10-18(17)21-19(24)15-22-11-13-23(14-12-22)16-20(25,5-2)6-3/h7-10,25H,4-6,11-16H2,1-3H3,(H,21,24). The number of rotatable bonds is 8. The number of anilines is 1. The van der Waals surface area contributed by atoms with Gasteiger partial charge in [-0.2, -0.15) is 0 Å². The SMILES string of the molecule is CCc1ccccc1NC(=O)CN1CCN(CC(O)(CC)CC)CC1. The number of carbonyl (C=O) groups excluding carboxylic acids is 1. The van der Waals surface area contributed by atoms with Crippen LogP contribution < -0.4 is 5.32 Å². The van der Waals surface area contributed by atoms with Crippen molar-refractivity contribution in [1.29, 1.82) is 0 Å². The van der Waals surface area contributed by atoms with E-state index in [-0.39, 0.29) is 5.91 Å². The van der Waals surface area contributed by atoms with Crippen LogP contribution in [0.1, 0.15) is 39.2 Å². The maximum Gasteiger partial charge on any atom is 0.238 e. The molecule has 1 heterocycles. The number of nitrogens with zero attached hydrogens (tertiary/aromatic N) is 2. The van der Waals surface area contributed by atoms with Crippen LogP contribution in [0.5, 0.6) is 0 Å². The monoisotopic (exact) mass is 347 g/mol. The summed E-state index contributed by atoms with van der Waals surface area (Å²) in [4.78, 5) is 16.9. The first-order chi connectivity index (χ1) is 12.0. The molecule has 1 aromatic rings. The highest BCUT2D eigenvalue weighted by Crippen LogP contribution is 2.18. The normalized spacial score (nSPS) is 16.8. The molecule has 1 fully saturated rings. The van der Waals surface area contributed by atoms with E-state index in [2.05, 4.69) is 28.1 Å². The minimum absolute atomic E-state index is 0.0490. The van der Waals surface area contributed by atoms with Crippen molar-refractivity contribution in [1.82, 2.24) is 9.80 Å². The Bertz CT molecular complexity index is 550. The first-order valence-electron chi connectivity index (χ1n) is 9.54. The molecule has 140 valence electrons. The van der Waals surface area contributed by atoms with Gasteiger partial charge in [-0.05, 0) is 30.9 Å². The molecular formula is C20H33N3O2. The smallest absolute Gasteiger partial charge is 0.238 e. The summed E-state index contributed by atoms with van der Waals surface area (Å²) in [5, 5.41) is 13.5. The van der Waals surface area contributed by atoms with E-state index < -0.39 is 5.60 Å². The highest BCUT2D eigenvalue weighted by atomic mass is 16.3. The predicted octanol–water partition coefficient (Wildman–Crippen LogP) is 2.36. The van der Waals surface area contributed by atoms with Gasteiger partial charge in [0.2, 0.25) is 5.91 Å². The molecule has 1 saturated heterocycles. The molecule has 0 bridgehead atoms. The van der Waals surface area contributed by atoms with Crippen LogP contribution in [0.15, 0.2) is 24.3 Å². The number of aliphatic hydroxyl groups is 1. The lowest BCUT2D eigenvalue weighted by Gasteiger charge is -2.38. The largest absolute Gasteiger partial charge is 0.389 e. The van der Waals surface area contributed by atoms with Crippen molar-refractivity contribution in [3.8, 4) is 0 Å². The Hall–Kier alpha value is -1.43. The van der Waals surface area contributed by atoms with Crippen LogP contribution in [-0.2, 0) is 11.2 Å². The zero-order valence-corrected chi connectivity index (χ0v) is 15.9. The summed E-state index contributed by atoms with van der Waals surface area (Å²) in [5.41, 5.74) is 1.51. The lowest BCUT2D eigenvalue weighted by Crippen LogP contribution is -2.52. The van der Waals surface area contributed by atoms with E-state index >= 15 is 0 Å². The quantitative estimate of drug-likeness (QED) is 0.758. The zero-order chi connectivity index (χ0) is 18.3. The summed E-state index contributed by atoms with van der Waals surface area (Å²) in [6.07, 6.45) is 2.47. The third-order valence-corrected chi connectivity index (χ3v) is 5.34. The Kier molecular flexibility index (Phi) is 7.41. The van der Waals surface area contributed by atoms with E-state index in [0.29, 0.717) is 6.54 Å². The average Bonchev–Trinajstić information content (AvgIpc) is 2.63. The second-order valence-electron chi connectivity index (χ2n) is 7.04. The number of hydrogen-bond acceptors (Lipinski definition) is 4. The van der Waals surface area contributed by atoms with Crippen molar-refractivity contribution >= 4 is 11.6 Å². The molecule has 0 radical (unpaired) electrons. The van der Waals surface area contributed by atoms with Crippen molar-refractivity contribution in [2.45, 2.75) is 45.6 Å². The van der Waals surface area contributed by atoms with Gasteiger partial charge in [-0.15, -0.1) is 0 Å². The van der Waals surface area contributed by atoms with Crippen LogP contribution in [-0.4, -0.2) is 65.7 Å². The second-order valence-corrected chi connectivity index (χ2v) is 7.04. The Morgan fingerprint density at radius 2 is 1.68 bits per heavy atom. The van der Waals surface area contributed by atoms with Gasteiger partial charge in [-0.1, -0.05) is 39.0 Å². The van der Waals surface area contributed by atoms with Crippen molar-refractivity contribution in [3.05, 3.63) is 29.8 Å². The molecule has 0 aromatic heterocycles. The number of piperazine rings is 1. The lowest BCUT2D eigenvalue weighted by molar-refractivity contribution is -0.117. The Morgan fingerprint density at radius 1 is 1.08 bits per heavy atom. The predicted molar refractivity (Wildman–Crippen MR) is 103 cm³/mol. The summed E-state index contributed by atoms with van der Waals surface area (Å²) in [6, 6.07) is 7.97. The van der Waals surface area contributed by atoms with Crippen molar-refractivity contribution in [2.24, 2.45) is 0 Å². The van der Waals surface area contributed by atoms with Crippen molar-refractivity contribution in [2.75, 3.05) is 44.6 Å². The van der Waals surface area contributed by atoms with E-state index in [1.807, 2.05) is 32.0 Å². The van der Waals surface area contributed by atoms with Crippen molar-refractivity contribution < 1.29 is 9.90 Å². The van der Waals surface area contributed by atoms with E-state index in [1.165, 1.54) is 5.56 Å². The van der Waals surface area contributed by atoms with Crippen LogP contribution >= 0.6 is 0 Å². The molecule has 0 spiro atoms.